The summed E-state index contributed by atoms with van der Waals surface area (Å²) in [6.45, 7) is 0. The molecule has 0 fully saturated rings. The molecule has 0 aliphatic heterocycles. The number of ether oxygens (including phenoxy) is 1. The number of benzene rings is 2. The van der Waals surface area contributed by atoms with Gasteiger partial charge in [0.2, 0.25) is 0 Å². The number of para-hydroxylation sites is 1. The number of carbonyl (C=O) groups excluding carboxylic acids is 1. The van der Waals surface area contributed by atoms with E-state index >= 15 is 0 Å². The molecule has 21 heavy (non-hydrogen) atoms. The van der Waals surface area contributed by atoms with Gasteiger partial charge in [0, 0.05) is 17.3 Å². The van der Waals surface area contributed by atoms with Crippen LogP contribution in [0.5, 0.6) is 11.5 Å². The van der Waals surface area contributed by atoms with E-state index in [1.807, 2.05) is 54.6 Å². The Morgan fingerprint density at radius 2 is 1.67 bits per heavy atom. The van der Waals surface area contributed by atoms with E-state index < -0.39 is 0 Å². The van der Waals surface area contributed by atoms with Crippen molar-refractivity contribution in [1.82, 2.24) is 4.98 Å². The van der Waals surface area contributed by atoms with Gasteiger partial charge in [0.1, 0.15) is 11.5 Å². The van der Waals surface area contributed by atoms with Crippen LogP contribution in [-0.4, -0.2) is 11.3 Å². The minimum absolute atomic E-state index is 0.490. The Hall–Kier alpha value is -2.94. The van der Waals surface area contributed by atoms with Crippen molar-refractivity contribution in [2.75, 3.05) is 0 Å². The Morgan fingerprint density at radius 3 is 2.48 bits per heavy atom. The molecule has 0 saturated heterocycles. The fourth-order valence-electron chi connectivity index (χ4n) is 2.09. The highest BCUT2D eigenvalue weighted by atomic mass is 16.5. The largest absolute Gasteiger partial charge is 0.455 e. The fraction of sp³-hybridized carbons (Fsp3) is 0. The van der Waals surface area contributed by atoms with Crippen molar-refractivity contribution in [1.29, 1.82) is 0 Å². The van der Waals surface area contributed by atoms with Crippen molar-refractivity contribution < 1.29 is 9.53 Å². The summed E-state index contributed by atoms with van der Waals surface area (Å²) in [5.74, 6) is 1.27. The Bertz CT molecular complexity index is 754. The first-order chi connectivity index (χ1) is 10.4. The molecule has 2 aromatic carbocycles. The first kappa shape index (κ1) is 13.1. The van der Waals surface area contributed by atoms with Crippen molar-refractivity contribution >= 4 is 6.29 Å². The highest BCUT2D eigenvalue weighted by Gasteiger charge is 2.07. The molecular weight excluding hydrogens is 262 g/mol. The van der Waals surface area contributed by atoms with Gasteiger partial charge in [-0.15, -0.1) is 0 Å². The van der Waals surface area contributed by atoms with Gasteiger partial charge in [-0.3, -0.25) is 9.78 Å². The standard InChI is InChI=1S/C18H13NO2/c20-13-14-10-16(12-19-11-14)21-18-9-5-4-8-17(18)15-6-2-1-3-7-15/h1-13H. The molecule has 3 nitrogen and oxygen atoms in total. The third-order valence-electron chi connectivity index (χ3n) is 3.07. The Balaban J connectivity index is 1.98. The molecule has 1 aromatic heterocycles. The van der Waals surface area contributed by atoms with Gasteiger partial charge in [0.05, 0.1) is 6.20 Å². The second-order valence-corrected chi connectivity index (χ2v) is 4.54. The first-order valence-electron chi connectivity index (χ1n) is 6.59. The van der Waals surface area contributed by atoms with Gasteiger partial charge in [-0.25, -0.2) is 0 Å². The quantitative estimate of drug-likeness (QED) is 0.664. The number of rotatable bonds is 4. The zero-order valence-corrected chi connectivity index (χ0v) is 11.3. The maximum Gasteiger partial charge on any atom is 0.151 e. The van der Waals surface area contributed by atoms with Crippen molar-refractivity contribution in [3.05, 3.63) is 78.6 Å². The van der Waals surface area contributed by atoms with Gasteiger partial charge in [0.25, 0.3) is 0 Å². The van der Waals surface area contributed by atoms with E-state index in [9.17, 15) is 4.79 Å². The molecular formula is C18H13NO2. The van der Waals surface area contributed by atoms with Crippen LogP contribution in [0.25, 0.3) is 11.1 Å². The molecule has 0 bridgehead atoms. The molecule has 3 heteroatoms. The third kappa shape index (κ3) is 2.98. The Kier molecular flexibility index (Phi) is 3.74. The number of hydrogen-bond donors (Lipinski definition) is 0. The number of aromatic nitrogens is 1. The van der Waals surface area contributed by atoms with E-state index in [4.69, 9.17) is 4.74 Å². The molecule has 0 unspecified atom stereocenters. The van der Waals surface area contributed by atoms with Crippen LogP contribution < -0.4 is 4.74 Å². The lowest BCUT2D eigenvalue weighted by atomic mass is 10.1. The van der Waals surface area contributed by atoms with E-state index in [1.165, 1.54) is 6.20 Å². The van der Waals surface area contributed by atoms with Gasteiger partial charge < -0.3 is 4.74 Å². The monoisotopic (exact) mass is 275 g/mol. The lowest BCUT2D eigenvalue weighted by Gasteiger charge is -2.11. The normalized spacial score (nSPS) is 10.1. The van der Waals surface area contributed by atoms with Crippen LogP contribution >= 0.6 is 0 Å². The van der Waals surface area contributed by atoms with Gasteiger partial charge >= 0.3 is 0 Å². The molecule has 3 aromatic rings. The van der Waals surface area contributed by atoms with Crippen LogP contribution in [0.4, 0.5) is 0 Å². The van der Waals surface area contributed by atoms with Gasteiger partial charge in [-0.1, -0.05) is 48.5 Å². The molecule has 1 heterocycles. The number of aldehydes is 1. The summed E-state index contributed by atoms with van der Waals surface area (Å²) < 4.78 is 5.89. The molecule has 0 amide bonds. The predicted octanol–water partition coefficient (Wildman–Crippen LogP) is 4.35. The van der Waals surface area contributed by atoms with Crippen molar-refractivity contribution in [2.45, 2.75) is 0 Å². The Labute approximate surface area is 122 Å². The van der Waals surface area contributed by atoms with E-state index in [-0.39, 0.29) is 0 Å². The van der Waals surface area contributed by atoms with Crippen LogP contribution in [0.3, 0.4) is 0 Å². The molecule has 0 radical (unpaired) electrons. The summed E-state index contributed by atoms with van der Waals surface area (Å²) in [5.41, 5.74) is 2.56. The zero-order valence-electron chi connectivity index (χ0n) is 11.3. The fourth-order valence-corrected chi connectivity index (χ4v) is 2.09. The van der Waals surface area contributed by atoms with E-state index in [0.29, 0.717) is 11.3 Å². The summed E-state index contributed by atoms with van der Waals surface area (Å²) in [7, 11) is 0. The second-order valence-electron chi connectivity index (χ2n) is 4.54. The number of hydrogen-bond acceptors (Lipinski definition) is 3. The number of pyridine rings is 1. The van der Waals surface area contributed by atoms with Crippen LogP contribution in [0.2, 0.25) is 0 Å². The summed E-state index contributed by atoms with van der Waals surface area (Å²) in [5, 5.41) is 0. The predicted molar refractivity (Wildman–Crippen MR) is 81.6 cm³/mol. The first-order valence-corrected chi connectivity index (χ1v) is 6.59. The molecule has 0 saturated carbocycles. The smallest absolute Gasteiger partial charge is 0.151 e. The second kappa shape index (κ2) is 6.01. The average Bonchev–Trinajstić information content (AvgIpc) is 2.56. The van der Waals surface area contributed by atoms with Crippen molar-refractivity contribution in [3.63, 3.8) is 0 Å². The van der Waals surface area contributed by atoms with Crippen LogP contribution in [-0.2, 0) is 0 Å². The maximum atomic E-state index is 10.8. The zero-order chi connectivity index (χ0) is 14.5. The summed E-state index contributed by atoms with van der Waals surface area (Å²) in [4.78, 5) is 14.8. The highest BCUT2D eigenvalue weighted by molar-refractivity contribution is 5.75. The highest BCUT2D eigenvalue weighted by Crippen LogP contribution is 2.32. The average molecular weight is 275 g/mol. The van der Waals surface area contributed by atoms with Crippen molar-refractivity contribution in [2.24, 2.45) is 0 Å². The summed E-state index contributed by atoms with van der Waals surface area (Å²) in [6, 6.07) is 19.5. The van der Waals surface area contributed by atoms with E-state index in [1.54, 1.807) is 12.3 Å². The summed E-state index contributed by atoms with van der Waals surface area (Å²) in [6.07, 6.45) is 3.85. The Morgan fingerprint density at radius 1 is 0.905 bits per heavy atom. The van der Waals surface area contributed by atoms with Gasteiger partial charge in [-0.2, -0.15) is 0 Å². The molecule has 3 rings (SSSR count). The lowest BCUT2D eigenvalue weighted by molar-refractivity contribution is 0.112. The minimum Gasteiger partial charge on any atom is -0.455 e. The molecule has 0 atom stereocenters. The van der Waals surface area contributed by atoms with Gasteiger partial charge in [-0.05, 0) is 17.7 Å². The molecule has 0 aliphatic rings. The number of carbonyl (C=O) groups is 1. The molecule has 0 N–H and O–H groups in total. The van der Waals surface area contributed by atoms with Crippen LogP contribution in [0.1, 0.15) is 10.4 Å². The minimum atomic E-state index is 0.490. The lowest BCUT2D eigenvalue weighted by Crippen LogP contribution is -1.90. The summed E-state index contributed by atoms with van der Waals surface area (Å²) >= 11 is 0. The third-order valence-corrected chi connectivity index (χ3v) is 3.07. The molecule has 102 valence electrons. The molecule has 0 aliphatic carbocycles. The van der Waals surface area contributed by atoms with E-state index in [0.717, 1.165) is 23.2 Å². The van der Waals surface area contributed by atoms with Gasteiger partial charge in [0.15, 0.2) is 6.29 Å². The SMILES string of the molecule is O=Cc1cncc(Oc2ccccc2-c2ccccc2)c1. The van der Waals surface area contributed by atoms with Crippen molar-refractivity contribution in [3.8, 4) is 22.6 Å². The molecule has 0 spiro atoms. The van der Waals surface area contributed by atoms with Crippen LogP contribution in [0.15, 0.2) is 73.1 Å². The maximum absolute atomic E-state index is 10.8. The number of nitrogens with zero attached hydrogens (tertiary/aromatic N) is 1. The van der Waals surface area contributed by atoms with Crippen LogP contribution in [0, 0.1) is 0 Å². The topological polar surface area (TPSA) is 39.2 Å². The van der Waals surface area contributed by atoms with E-state index in [2.05, 4.69) is 4.98 Å².